The number of rotatable bonds is 1. The molecule has 1 rings (SSSR count). The second-order valence-corrected chi connectivity index (χ2v) is 3.87. The molecule has 0 atom stereocenters. The number of ether oxygens (including phenoxy) is 1. The summed E-state index contributed by atoms with van der Waals surface area (Å²) in [6, 6.07) is 8.99. The molecule has 1 aromatic rings. The Morgan fingerprint density at radius 2 is 1.64 bits per heavy atom. The van der Waals surface area contributed by atoms with E-state index in [9.17, 15) is 4.79 Å². The second kappa shape index (κ2) is 5.19. The van der Waals surface area contributed by atoms with Crippen molar-refractivity contribution < 1.29 is 9.53 Å². The summed E-state index contributed by atoms with van der Waals surface area (Å²) in [6.45, 7) is 5.56. The molecule has 0 amide bonds. The van der Waals surface area contributed by atoms with Crippen molar-refractivity contribution in [1.29, 1.82) is 0 Å². The monoisotopic (exact) mass is 208 g/mol. The molecule has 1 aromatic carbocycles. The van der Waals surface area contributed by atoms with Crippen LogP contribution in [0.3, 0.4) is 0 Å². The van der Waals surface area contributed by atoms with Crippen LogP contribution in [-0.2, 0) is 4.74 Å². The quantitative estimate of drug-likeness (QED) is 0.516. The molecule has 0 N–H and O–H groups in total. The Balaban J connectivity index is 0.00000169. The first kappa shape index (κ1) is 13.2. The Morgan fingerprint density at radius 1 is 1.14 bits per heavy atom. The average Bonchev–Trinajstić information content (AvgIpc) is 2.03. The summed E-state index contributed by atoms with van der Waals surface area (Å²) in [4.78, 5) is 11.4. The maximum Gasteiger partial charge on any atom is 0.338 e. The lowest BCUT2D eigenvalue weighted by Gasteiger charge is -2.19. The van der Waals surface area contributed by atoms with Gasteiger partial charge in [-0.3, -0.25) is 0 Å². The lowest BCUT2D eigenvalue weighted by atomic mass is 10.2. The first-order chi connectivity index (χ1) is 5.99. The summed E-state index contributed by atoms with van der Waals surface area (Å²) in [6.07, 6.45) is 0. The molecule has 0 saturated heterocycles. The molecule has 0 aliphatic heterocycles. The fourth-order valence-electron chi connectivity index (χ4n) is 0.911. The Kier molecular flexibility index (Phi) is 4.90. The van der Waals surface area contributed by atoms with E-state index in [-0.39, 0.29) is 23.3 Å². The predicted molar refractivity (Wildman–Crippen MR) is 61.5 cm³/mol. The molecule has 0 radical (unpaired) electrons. The number of carbonyl (C=O) groups is 1. The summed E-state index contributed by atoms with van der Waals surface area (Å²) in [5.74, 6) is -0.270. The van der Waals surface area contributed by atoms with Gasteiger partial charge in [0.15, 0.2) is 17.4 Å². The van der Waals surface area contributed by atoms with Gasteiger partial charge in [0.1, 0.15) is 5.60 Å². The Labute approximate surface area is 95.4 Å². The van der Waals surface area contributed by atoms with Crippen LogP contribution in [-0.4, -0.2) is 28.9 Å². The van der Waals surface area contributed by atoms with Crippen molar-refractivity contribution in [3.63, 3.8) is 0 Å². The largest absolute Gasteiger partial charge is 0.456 e. The highest BCUT2D eigenvalue weighted by Gasteiger charge is 2.16. The fourth-order valence-corrected chi connectivity index (χ4v) is 0.911. The molecule has 0 spiro atoms. The van der Waals surface area contributed by atoms with Gasteiger partial charge >= 0.3 is 5.97 Å². The number of carbonyl (C=O) groups excluding carboxylic acids is 1. The van der Waals surface area contributed by atoms with Crippen molar-refractivity contribution >= 4 is 23.3 Å². The van der Waals surface area contributed by atoms with Crippen LogP contribution in [0.2, 0.25) is 0 Å². The van der Waals surface area contributed by atoms with Gasteiger partial charge in [-0.2, -0.15) is 0 Å². The molecule has 0 bridgehead atoms. The van der Waals surface area contributed by atoms with Crippen molar-refractivity contribution in [3.8, 4) is 0 Å². The SMILES string of the molecule is CC(C)(C)OC(=O)c1ccccc1.[AlH3]. The van der Waals surface area contributed by atoms with Crippen molar-refractivity contribution in [3.05, 3.63) is 35.9 Å². The zero-order valence-electron chi connectivity index (χ0n) is 8.20. The first-order valence-electron chi connectivity index (χ1n) is 4.27. The van der Waals surface area contributed by atoms with Crippen LogP contribution in [0.25, 0.3) is 0 Å². The average molecular weight is 208 g/mol. The highest BCUT2D eigenvalue weighted by atomic mass is 27.0. The van der Waals surface area contributed by atoms with Crippen molar-refractivity contribution in [2.24, 2.45) is 0 Å². The summed E-state index contributed by atoms with van der Waals surface area (Å²) < 4.78 is 5.18. The van der Waals surface area contributed by atoms with E-state index in [1.807, 2.05) is 39.0 Å². The number of esters is 1. The Bertz CT molecular complexity index is 288. The van der Waals surface area contributed by atoms with Gasteiger partial charge in [0.25, 0.3) is 0 Å². The van der Waals surface area contributed by atoms with Crippen molar-refractivity contribution in [1.82, 2.24) is 0 Å². The van der Waals surface area contributed by atoms with Crippen LogP contribution in [0, 0.1) is 0 Å². The van der Waals surface area contributed by atoms with Gasteiger partial charge in [0.05, 0.1) is 5.56 Å². The normalized spacial score (nSPS) is 10.2. The molecular formula is C11H17AlO2. The highest BCUT2D eigenvalue weighted by molar-refractivity contribution is 5.89. The molecule has 0 unspecified atom stereocenters. The molecule has 76 valence electrons. The van der Waals surface area contributed by atoms with Gasteiger partial charge in [-0.25, -0.2) is 4.79 Å². The van der Waals surface area contributed by atoms with Gasteiger partial charge < -0.3 is 4.74 Å². The minimum Gasteiger partial charge on any atom is -0.456 e. The van der Waals surface area contributed by atoms with E-state index in [4.69, 9.17) is 4.74 Å². The molecular weight excluding hydrogens is 191 g/mol. The topological polar surface area (TPSA) is 26.3 Å². The minimum atomic E-state index is -0.424. The molecule has 0 saturated carbocycles. The molecule has 14 heavy (non-hydrogen) atoms. The van der Waals surface area contributed by atoms with Gasteiger partial charge in [0, 0.05) is 0 Å². The molecule has 0 fully saturated rings. The fraction of sp³-hybridized carbons (Fsp3) is 0.364. The molecule has 2 nitrogen and oxygen atoms in total. The third-order valence-corrected chi connectivity index (χ3v) is 1.41. The smallest absolute Gasteiger partial charge is 0.338 e. The Morgan fingerprint density at radius 3 is 2.07 bits per heavy atom. The van der Waals surface area contributed by atoms with Crippen LogP contribution in [0.1, 0.15) is 31.1 Å². The molecule has 3 heteroatoms. The van der Waals surface area contributed by atoms with Gasteiger partial charge in [-0.15, -0.1) is 0 Å². The lowest BCUT2D eigenvalue weighted by molar-refractivity contribution is 0.00696. The van der Waals surface area contributed by atoms with Gasteiger partial charge in [-0.05, 0) is 32.9 Å². The van der Waals surface area contributed by atoms with Crippen LogP contribution >= 0.6 is 0 Å². The third kappa shape index (κ3) is 4.46. The number of benzene rings is 1. The van der Waals surface area contributed by atoms with Crippen LogP contribution in [0.15, 0.2) is 30.3 Å². The lowest BCUT2D eigenvalue weighted by Crippen LogP contribution is -2.23. The van der Waals surface area contributed by atoms with E-state index >= 15 is 0 Å². The maximum absolute atomic E-state index is 11.4. The van der Waals surface area contributed by atoms with E-state index in [0.717, 1.165) is 0 Å². The van der Waals surface area contributed by atoms with Crippen molar-refractivity contribution in [2.75, 3.05) is 0 Å². The van der Waals surface area contributed by atoms with Crippen molar-refractivity contribution in [2.45, 2.75) is 26.4 Å². The van der Waals surface area contributed by atoms with Crippen LogP contribution in [0.4, 0.5) is 0 Å². The second-order valence-electron chi connectivity index (χ2n) is 3.87. The van der Waals surface area contributed by atoms with E-state index in [0.29, 0.717) is 5.56 Å². The van der Waals surface area contributed by atoms with E-state index in [2.05, 4.69) is 0 Å². The highest BCUT2D eigenvalue weighted by Crippen LogP contribution is 2.11. The van der Waals surface area contributed by atoms with E-state index in [1.165, 1.54) is 0 Å². The minimum absolute atomic E-state index is 0. The number of hydrogen-bond donors (Lipinski definition) is 0. The first-order valence-corrected chi connectivity index (χ1v) is 4.27. The molecule has 0 aromatic heterocycles. The van der Waals surface area contributed by atoms with Crippen LogP contribution < -0.4 is 0 Å². The zero-order chi connectivity index (χ0) is 9.90. The number of hydrogen-bond acceptors (Lipinski definition) is 2. The maximum atomic E-state index is 11.4. The van der Waals surface area contributed by atoms with E-state index < -0.39 is 5.60 Å². The standard InChI is InChI=1S/C11H14O2.Al.3H/c1-11(2,3)13-10(12)9-7-5-4-6-8-9;;;;/h4-8H,1-3H3;;;;. The summed E-state index contributed by atoms with van der Waals surface area (Å²) in [7, 11) is 0. The van der Waals surface area contributed by atoms with E-state index in [1.54, 1.807) is 12.1 Å². The van der Waals surface area contributed by atoms with Crippen LogP contribution in [0.5, 0.6) is 0 Å². The molecule has 0 heterocycles. The van der Waals surface area contributed by atoms with Gasteiger partial charge in [-0.1, -0.05) is 18.2 Å². The predicted octanol–water partition coefficient (Wildman–Crippen LogP) is 1.46. The zero-order valence-corrected chi connectivity index (χ0v) is 8.20. The summed E-state index contributed by atoms with van der Waals surface area (Å²) in [5.41, 5.74) is 0.171. The van der Waals surface area contributed by atoms with Gasteiger partial charge in [0.2, 0.25) is 0 Å². The summed E-state index contributed by atoms with van der Waals surface area (Å²) in [5, 5.41) is 0. The molecule has 0 aliphatic rings. The molecule has 0 aliphatic carbocycles. The summed E-state index contributed by atoms with van der Waals surface area (Å²) >= 11 is 0. The Hall–Kier alpha value is -0.778. The third-order valence-electron chi connectivity index (χ3n) is 1.41.